The molecule has 0 amide bonds. The Labute approximate surface area is 114 Å². The molecule has 10 heteroatoms. The van der Waals surface area contributed by atoms with Crippen molar-refractivity contribution in [2.24, 2.45) is 7.05 Å². The van der Waals surface area contributed by atoms with E-state index in [0.29, 0.717) is 24.6 Å². The lowest BCUT2D eigenvalue weighted by molar-refractivity contribution is 0.606. The zero-order valence-electron chi connectivity index (χ0n) is 10.5. The van der Waals surface area contributed by atoms with Crippen molar-refractivity contribution in [1.82, 2.24) is 29.8 Å². The molecule has 104 valence electrons. The Kier molecular flexibility index (Phi) is 3.85. The number of aryl methyl sites for hydroxylation is 2. The van der Waals surface area contributed by atoms with E-state index >= 15 is 0 Å². The topological polar surface area (TPSA) is 95.6 Å². The number of halogens is 1. The summed E-state index contributed by atoms with van der Waals surface area (Å²) in [6.45, 7) is 2.29. The van der Waals surface area contributed by atoms with Crippen LogP contribution < -0.4 is 0 Å². The second-order valence-electron chi connectivity index (χ2n) is 4.01. The minimum absolute atomic E-state index is 0.151. The van der Waals surface area contributed by atoms with Gasteiger partial charge in [-0.05, 0) is 11.6 Å². The fraction of sp³-hybridized carbons (Fsp3) is 0.556. The smallest absolute Gasteiger partial charge is 0.280 e. The van der Waals surface area contributed by atoms with Gasteiger partial charge in [-0.2, -0.15) is 4.80 Å². The van der Waals surface area contributed by atoms with Crippen LogP contribution in [-0.2, 0) is 29.1 Å². The van der Waals surface area contributed by atoms with Gasteiger partial charge in [0.25, 0.3) is 9.05 Å². The number of tetrazole rings is 1. The molecular formula is C9H13ClN6O2S. The molecular weight excluding hydrogens is 292 g/mol. The number of nitrogens with zero attached hydrogens (tertiary/aromatic N) is 6. The SMILES string of the molecule is CCCc1nc(S(=O)(=O)Cl)cn1Cc1nnn(C)n1. The summed E-state index contributed by atoms with van der Waals surface area (Å²) in [5, 5.41) is 11.5. The maximum Gasteiger partial charge on any atom is 0.280 e. The molecule has 2 aromatic heterocycles. The molecule has 0 bridgehead atoms. The van der Waals surface area contributed by atoms with Gasteiger partial charge in [0.05, 0.1) is 13.6 Å². The molecule has 0 unspecified atom stereocenters. The number of hydrogen-bond donors (Lipinski definition) is 0. The zero-order valence-corrected chi connectivity index (χ0v) is 12.1. The van der Waals surface area contributed by atoms with E-state index in [4.69, 9.17) is 10.7 Å². The van der Waals surface area contributed by atoms with Crippen molar-refractivity contribution in [3.05, 3.63) is 17.8 Å². The van der Waals surface area contributed by atoms with Crippen LogP contribution in [0.3, 0.4) is 0 Å². The molecule has 0 saturated carbocycles. The minimum atomic E-state index is -3.83. The van der Waals surface area contributed by atoms with Gasteiger partial charge in [-0.1, -0.05) is 6.92 Å². The van der Waals surface area contributed by atoms with Crippen molar-refractivity contribution in [1.29, 1.82) is 0 Å². The summed E-state index contributed by atoms with van der Waals surface area (Å²) in [5.74, 6) is 1.12. The summed E-state index contributed by atoms with van der Waals surface area (Å²) in [4.78, 5) is 5.37. The summed E-state index contributed by atoms with van der Waals surface area (Å²) in [6, 6.07) is 0. The molecule has 0 spiro atoms. The molecule has 0 radical (unpaired) electrons. The van der Waals surface area contributed by atoms with Crippen molar-refractivity contribution in [2.45, 2.75) is 31.3 Å². The number of imidazole rings is 1. The van der Waals surface area contributed by atoms with E-state index < -0.39 is 9.05 Å². The first kappa shape index (κ1) is 13.9. The lowest BCUT2D eigenvalue weighted by Gasteiger charge is -2.02. The van der Waals surface area contributed by atoms with E-state index in [9.17, 15) is 8.42 Å². The quantitative estimate of drug-likeness (QED) is 0.739. The second-order valence-corrected chi connectivity index (χ2v) is 6.52. The molecule has 0 aromatic carbocycles. The van der Waals surface area contributed by atoms with Gasteiger partial charge >= 0.3 is 0 Å². The molecule has 0 atom stereocenters. The van der Waals surface area contributed by atoms with E-state index in [-0.39, 0.29) is 5.03 Å². The number of rotatable bonds is 5. The first-order chi connectivity index (χ1) is 8.90. The monoisotopic (exact) mass is 304 g/mol. The molecule has 0 aliphatic carbocycles. The Hall–Kier alpha value is -1.48. The Balaban J connectivity index is 2.35. The third kappa shape index (κ3) is 3.29. The van der Waals surface area contributed by atoms with E-state index in [0.717, 1.165) is 6.42 Å². The summed E-state index contributed by atoms with van der Waals surface area (Å²) in [7, 11) is 3.13. The van der Waals surface area contributed by atoms with E-state index in [2.05, 4.69) is 20.4 Å². The highest BCUT2D eigenvalue weighted by atomic mass is 35.7. The maximum absolute atomic E-state index is 11.3. The molecule has 8 nitrogen and oxygen atoms in total. The van der Waals surface area contributed by atoms with Gasteiger partial charge in [0.1, 0.15) is 5.82 Å². The Morgan fingerprint density at radius 1 is 1.42 bits per heavy atom. The molecule has 2 aromatic rings. The van der Waals surface area contributed by atoms with Crippen molar-refractivity contribution in [3.8, 4) is 0 Å². The number of hydrogen-bond acceptors (Lipinski definition) is 6. The third-order valence-electron chi connectivity index (χ3n) is 2.42. The molecule has 0 aliphatic rings. The predicted molar refractivity (Wildman–Crippen MR) is 67.2 cm³/mol. The maximum atomic E-state index is 11.3. The Bertz CT molecular complexity index is 677. The van der Waals surface area contributed by atoms with Crippen LogP contribution in [0.5, 0.6) is 0 Å². The minimum Gasteiger partial charge on any atom is -0.326 e. The van der Waals surface area contributed by atoms with Crippen LogP contribution in [0.15, 0.2) is 11.2 Å². The summed E-state index contributed by atoms with van der Waals surface area (Å²) in [5.41, 5.74) is 0. The van der Waals surface area contributed by atoms with Gasteiger partial charge in [-0.15, -0.1) is 10.2 Å². The van der Waals surface area contributed by atoms with Crippen molar-refractivity contribution < 1.29 is 8.42 Å². The fourth-order valence-electron chi connectivity index (χ4n) is 1.64. The van der Waals surface area contributed by atoms with E-state index in [1.54, 1.807) is 11.6 Å². The zero-order chi connectivity index (χ0) is 14.0. The normalized spacial score (nSPS) is 11.9. The Morgan fingerprint density at radius 2 is 2.16 bits per heavy atom. The lowest BCUT2D eigenvalue weighted by Crippen LogP contribution is -2.06. The van der Waals surface area contributed by atoms with E-state index in [1.807, 2.05) is 6.92 Å². The molecule has 0 saturated heterocycles. The highest BCUT2D eigenvalue weighted by molar-refractivity contribution is 8.13. The highest BCUT2D eigenvalue weighted by Gasteiger charge is 2.18. The third-order valence-corrected chi connectivity index (χ3v) is 3.59. The van der Waals surface area contributed by atoms with Crippen LogP contribution in [0.25, 0.3) is 0 Å². The molecule has 0 fully saturated rings. The average Bonchev–Trinajstić information content (AvgIpc) is 2.87. The van der Waals surface area contributed by atoms with Crippen LogP contribution in [0.1, 0.15) is 25.0 Å². The van der Waals surface area contributed by atoms with Crippen molar-refractivity contribution in [2.75, 3.05) is 0 Å². The molecule has 19 heavy (non-hydrogen) atoms. The predicted octanol–water partition coefficient (Wildman–Crippen LogP) is 0.335. The first-order valence-corrected chi connectivity index (χ1v) is 7.94. The van der Waals surface area contributed by atoms with Gasteiger partial charge in [-0.25, -0.2) is 13.4 Å². The van der Waals surface area contributed by atoms with Crippen LogP contribution >= 0.6 is 10.7 Å². The van der Waals surface area contributed by atoms with Crippen LogP contribution in [0, 0.1) is 0 Å². The second kappa shape index (κ2) is 5.25. The molecule has 0 N–H and O–H groups in total. The molecule has 2 heterocycles. The lowest BCUT2D eigenvalue weighted by atomic mass is 10.3. The largest absolute Gasteiger partial charge is 0.326 e. The number of aromatic nitrogens is 6. The molecule has 2 rings (SSSR count). The van der Waals surface area contributed by atoms with Gasteiger partial charge in [-0.3, -0.25) is 0 Å². The van der Waals surface area contributed by atoms with Crippen LogP contribution in [0.4, 0.5) is 0 Å². The average molecular weight is 305 g/mol. The van der Waals surface area contributed by atoms with Crippen LogP contribution in [0.2, 0.25) is 0 Å². The van der Waals surface area contributed by atoms with Gasteiger partial charge in [0, 0.05) is 23.3 Å². The van der Waals surface area contributed by atoms with Gasteiger partial charge in [0.15, 0.2) is 10.9 Å². The summed E-state index contributed by atoms with van der Waals surface area (Å²) >= 11 is 0. The van der Waals surface area contributed by atoms with Gasteiger partial charge in [0.2, 0.25) is 0 Å². The van der Waals surface area contributed by atoms with Crippen molar-refractivity contribution >= 4 is 19.7 Å². The van der Waals surface area contributed by atoms with E-state index in [1.165, 1.54) is 11.0 Å². The van der Waals surface area contributed by atoms with Crippen LogP contribution in [-0.4, -0.2) is 38.2 Å². The Morgan fingerprint density at radius 3 is 2.68 bits per heavy atom. The van der Waals surface area contributed by atoms with Gasteiger partial charge < -0.3 is 4.57 Å². The first-order valence-electron chi connectivity index (χ1n) is 5.63. The summed E-state index contributed by atoms with van der Waals surface area (Å²) in [6.07, 6.45) is 2.88. The fourth-order valence-corrected chi connectivity index (χ4v) is 2.34. The molecule has 0 aliphatic heterocycles. The van der Waals surface area contributed by atoms with Crippen molar-refractivity contribution in [3.63, 3.8) is 0 Å². The highest BCUT2D eigenvalue weighted by Crippen LogP contribution is 2.16. The standard InChI is InChI=1S/C9H13ClN6O2S/c1-3-4-8-11-9(19(10,17)18)6-16(8)5-7-12-14-15(2)13-7/h6H,3-5H2,1-2H3. The summed E-state index contributed by atoms with van der Waals surface area (Å²) < 4.78 is 24.3.